The summed E-state index contributed by atoms with van der Waals surface area (Å²) in [5.41, 5.74) is 5.73. The number of benzene rings is 1. The molecule has 5 rings (SSSR count). The second kappa shape index (κ2) is 7.21. The molecule has 29 heavy (non-hydrogen) atoms. The lowest BCUT2D eigenvalue weighted by molar-refractivity contribution is -0.132. The van der Waals surface area contributed by atoms with Crippen LogP contribution in [0.25, 0.3) is 11.5 Å². The zero-order valence-corrected chi connectivity index (χ0v) is 17.3. The maximum absolute atomic E-state index is 12.9. The molecule has 1 saturated carbocycles. The van der Waals surface area contributed by atoms with E-state index in [0.717, 1.165) is 17.2 Å². The van der Waals surface area contributed by atoms with Gasteiger partial charge in [-0.3, -0.25) is 4.79 Å². The standard InChI is InChI=1S/C24H28N4O/c1-17-9-10-22(18(2)13-17)28-24(26-11-5-6-12-26)20-15-27(16-21(20)25-28)23(29)14-19-7-3-4-8-19/h5-6,9-13,19H,3-4,7-8,14-16H2,1-2H3. The third-order valence-electron chi connectivity index (χ3n) is 6.45. The molecule has 3 heterocycles. The van der Waals surface area contributed by atoms with Gasteiger partial charge in [-0.25, -0.2) is 4.68 Å². The number of rotatable bonds is 4. The van der Waals surface area contributed by atoms with Crippen molar-refractivity contribution in [2.45, 2.75) is 59.0 Å². The van der Waals surface area contributed by atoms with Crippen LogP contribution in [0.3, 0.4) is 0 Å². The van der Waals surface area contributed by atoms with E-state index < -0.39 is 0 Å². The fourth-order valence-electron chi connectivity index (χ4n) is 4.92. The van der Waals surface area contributed by atoms with Crippen LogP contribution in [-0.4, -0.2) is 25.2 Å². The van der Waals surface area contributed by atoms with Crippen LogP contribution in [0.1, 0.15) is 54.5 Å². The van der Waals surface area contributed by atoms with Crippen molar-refractivity contribution in [3.05, 3.63) is 65.1 Å². The molecule has 5 heteroatoms. The Morgan fingerprint density at radius 2 is 1.86 bits per heavy atom. The number of aryl methyl sites for hydroxylation is 2. The molecule has 0 saturated heterocycles. The molecule has 1 aliphatic carbocycles. The summed E-state index contributed by atoms with van der Waals surface area (Å²) in [6.45, 7) is 5.51. The predicted octanol–water partition coefficient (Wildman–Crippen LogP) is 4.70. The molecular weight excluding hydrogens is 360 g/mol. The minimum atomic E-state index is 0.284. The number of aromatic nitrogens is 3. The van der Waals surface area contributed by atoms with Crippen LogP contribution in [0.2, 0.25) is 0 Å². The van der Waals surface area contributed by atoms with E-state index in [9.17, 15) is 4.79 Å². The Bertz CT molecular complexity index is 1040. The first kappa shape index (κ1) is 18.2. The molecule has 1 fully saturated rings. The normalized spacial score (nSPS) is 16.6. The van der Waals surface area contributed by atoms with Gasteiger partial charge in [0, 0.05) is 24.4 Å². The molecule has 5 nitrogen and oxygen atoms in total. The van der Waals surface area contributed by atoms with Crippen molar-refractivity contribution in [2.24, 2.45) is 5.92 Å². The lowest BCUT2D eigenvalue weighted by atomic mass is 10.0. The number of fused-ring (bicyclic) bond motifs is 1. The summed E-state index contributed by atoms with van der Waals surface area (Å²) in [6.07, 6.45) is 9.77. The van der Waals surface area contributed by atoms with Crippen molar-refractivity contribution in [3.8, 4) is 11.5 Å². The lowest BCUT2D eigenvalue weighted by Gasteiger charge is -2.19. The highest BCUT2D eigenvalue weighted by Gasteiger charge is 2.32. The minimum absolute atomic E-state index is 0.284. The Kier molecular flexibility index (Phi) is 4.53. The predicted molar refractivity (Wildman–Crippen MR) is 113 cm³/mol. The van der Waals surface area contributed by atoms with Gasteiger partial charge in [0.25, 0.3) is 0 Å². The van der Waals surface area contributed by atoms with E-state index >= 15 is 0 Å². The van der Waals surface area contributed by atoms with Gasteiger partial charge in [0.15, 0.2) is 0 Å². The summed E-state index contributed by atoms with van der Waals surface area (Å²) >= 11 is 0. The topological polar surface area (TPSA) is 43.1 Å². The Labute approximate surface area is 171 Å². The molecule has 1 aliphatic heterocycles. The molecule has 150 valence electrons. The van der Waals surface area contributed by atoms with E-state index in [1.54, 1.807) is 0 Å². The van der Waals surface area contributed by atoms with Crippen LogP contribution in [0.15, 0.2) is 42.7 Å². The van der Waals surface area contributed by atoms with Gasteiger partial charge in [0.1, 0.15) is 5.82 Å². The fraction of sp³-hybridized carbons (Fsp3) is 0.417. The zero-order valence-electron chi connectivity index (χ0n) is 17.3. The maximum Gasteiger partial charge on any atom is 0.223 e. The molecule has 0 unspecified atom stereocenters. The van der Waals surface area contributed by atoms with Crippen molar-refractivity contribution in [1.29, 1.82) is 0 Å². The van der Waals surface area contributed by atoms with E-state index in [2.05, 4.69) is 53.7 Å². The van der Waals surface area contributed by atoms with Crippen LogP contribution in [0.5, 0.6) is 0 Å². The summed E-state index contributed by atoms with van der Waals surface area (Å²) < 4.78 is 4.17. The molecule has 2 aliphatic rings. The minimum Gasteiger partial charge on any atom is -0.332 e. The number of hydrogen-bond acceptors (Lipinski definition) is 2. The number of hydrogen-bond donors (Lipinski definition) is 0. The molecule has 0 radical (unpaired) electrons. The number of carbonyl (C=O) groups is 1. The van der Waals surface area contributed by atoms with E-state index in [1.165, 1.54) is 42.4 Å². The molecule has 0 atom stereocenters. The van der Waals surface area contributed by atoms with Crippen molar-refractivity contribution >= 4 is 5.91 Å². The number of carbonyl (C=O) groups excluding carboxylic acids is 1. The highest BCUT2D eigenvalue weighted by atomic mass is 16.2. The van der Waals surface area contributed by atoms with E-state index in [1.807, 2.05) is 17.0 Å². The second-order valence-corrected chi connectivity index (χ2v) is 8.65. The molecule has 0 N–H and O–H groups in total. The van der Waals surface area contributed by atoms with Crippen molar-refractivity contribution < 1.29 is 4.79 Å². The molecule has 3 aromatic rings. The summed E-state index contributed by atoms with van der Waals surface area (Å²) in [5, 5.41) is 4.97. The van der Waals surface area contributed by atoms with Crippen molar-refractivity contribution in [2.75, 3.05) is 0 Å². The van der Waals surface area contributed by atoms with Gasteiger partial charge in [-0.05, 0) is 56.4 Å². The second-order valence-electron chi connectivity index (χ2n) is 8.65. The Hall–Kier alpha value is -2.82. The van der Waals surface area contributed by atoms with Gasteiger partial charge in [-0.15, -0.1) is 0 Å². The first-order chi connectivity index (χ1) is 14.1. The molecule has 1 amide bonds. The Morgan fingerprint density at radius 1 is 1.10 bits per heavy atom. The summed E-state index contributed by atoms with van der Waals surface area (Å²) in [6, 6.07) is 10.5. The van der Waals surface area contributed by atoms with E-state index in [-0.39, 0.29) is 5.91 Å². The van der Waals surface area contributed by atoms with Crippen LogP contribution in [-0.2, 0) is 17.9 Å². The molecular formula is C24H28N4O. The monoisotopic (exact) mass is 388 g/mol. The average Bonchev–Trinajstić information content (AvgIpc) is 3.46. The highest BCUT2D eigenvalue weighted by molar-refractivity contribution is 5.77. The van der Waals surface area contributed by atoms with Crippen molar-refractivity contribution in [1.82, 2.24) is 19.2 Å². The molecule has 2 aromatic heterocycles. The Balaban J connectivity index is 1.49. The zero-order chi connectivity index (χ0) is 20.0. The SMILES string of the molecule is Cc1ccc(-n2nc3c(c2-n2cccc2)CN(C(=O)CC2CCCC2)C3)c(C)c1. The van der Waals surface area contributed by atoms with Crippen molar-refractivity contribution in [3.63, 3.8) is 0 Å². The lowest BCUT2D eigenvalue weighted by Crippen LogP contribution is -2.27. The van der Waals surface area contributed by atoms with Gasteiger partial charge in [-0.1, -0.05) is 30.5 Å². The maximum atomic E-state index is 12.9. The third kappa shape index (κ3) is 3.28. The van der Waals surface area contributed by atoms with Crippen LogP contribution in [0, 0.1) is 19.8 Å². The van der Waals surface area contributed by atoms with Gasteiger partial charge in [-0.2, -0.15) is 5.10 Å². The quantitative estimate of drug-likeness (QED) is 0.650. The summed E-state index contributed by atoms with van der Waals surface area (Å²) in [7, 11) is 0. The first-order valence-corrected chi connectivity index (χ1v) is 10.7. The number of nitrogens with zero attached hydrogens (tertiary/aromatic N) is 4. The smallest absolute Gasteiger partial charge is 0.223 e. The molecule has 1 aromatic carbocycles. The molecule has 0 spiro atoms. The highest BCUT2D eigenvalue weighted by Crippen LogP contribution is 2.33. The van der Waals surface area contributed by atoms with E-state index in [0.29, 0.717) is 25.4 Å². The van der Waals surface area contributed by atoms with Gasteiger partial charge >= 0.3 is 0 Å². The van der Waals surface area contributed by atoms with Gasteiger partial charge in [0.05, 0.1) is 24.5 Å². The van der Waals surface area contributed by atoms with Crippen LogP contribution < -0.4 is 0 Å². The average molecular weight is 389 g/mol. The van der Waals surface area contributed by atoms with Gasteiger partial charge in [0.2, 0.25) is 5.91 Å². The summed E-state index contributed by atoms with van der Waals surface area (Å²) in [5.74, 6) is 1.91. The fourth-order valence-corrected chi connectivity index (χ4v) is 4.92. The third-order valence-corrected chi connectivity index (χ3v) is 6.45. The largest absolute Gasteiger partial charge is 0.332 e. The van der Waals surface area contributed by atoms with Crippen LogP contribution in [0.4, 0.5) is 0 Å². The van der Waals surface area contributed by atoms with Crippen LogP contribution >= 0.6 is 0 Å². The molecule has 0 bridgehead atoms. The Morgan fingerprint density at radius 3 is 2.59 bits per heavy atom. The summed E-state index contributed by atoms with van der Waals surface area (Å²) in [4.78, 5) is 14.9. The van der Waals surface area contributed by atoms with E-state index in [4.69, 9.17) is 5.10 Å². The first-order valence-electron chi connectivity index (χ1n) is 10.7. The van der Waals surface area contributed by atoms with Gasteiger partial charge < -0.3 is 9.47 Å². The number of amides is 1.